The van der Waals surface area contributed by atoms with Gasteiger partial charge in [-0.1, -0.05) is 6.92 Å². The summed E-state index contributed by atoms with van der Waals surface area (Å²) in [7, 11) is -4.38. The quantitative estimate of drug-likeness (QED) is 0.748. The van der Waals surface area contributed by atoms with E-state index in [9.17, 15) is 22.0 Å². The second-order valence-corrected chi connectivity index (χ2v) is 5.62. The molecule has 0 bridgehead atoms. The molecule has 0 spiro atoms. The summed E-state index contributed by atoms with van der Waals surface area (Å²) in [5.41, 5.74) is 9.95. The first kappa shape index (κ1) is 15.3. The number of rotatable bonds is 5. The maximum absolute atomic E-state index is 13.6. The molecule has 0 saturated carbocycles. The number of hydrogen-bond donors (Lipinski definition) is 2. The molecule has 0 saturated heterocycles. The molecule has 0 aromatic heterocycles. The number of carbonyl (C=O) groups is 1. The van der Waals surface area contributed by atoms with Crippen molar-refractivity contribution >= 4 is 21.6 Å². The van der Waals surface area contributed by atoms with Gasteiger partial charge in [0.25, 0.3) is 0 Å². The molecule has 4 N–H and O–H groups in total. The second-order valence-electron chi connectivity index (χ2n) is 3.71. The Morgan fingerprint density at radius 2 is 1.95 bits per heavy atom. The minimum absolute atomic E-state index is 0.124. The van der Waals surface area contributed by atoms with Crippen LogP contribution in [0.1, 0.15) is 6.92 Å². The standard InChI is InChI=1S/C10H13F2N3O3S/c1-2-15(5-9(14)16)19(17,18)8-4-6(13)3-7(11)10(8)12/h3-4H,2,5,13H2,1H3,(H2,14,16). The maximum atomic E-state index is 13.6. The average Bonchev–Trinajstić information content (AvgIpc) is 2.30. The number of anilines is 1. The van der Waals surface area contributed by atoms with Gasteiger partial charge in [0.1, 0.15) is 4.90 Å². The first-order valence-corrected chi connectivity index (χ1v) is 6.67. The number of nitrogens with two attached hydrogens (primary N) is 2. The molecule has 9 heteroatoms. The Labute approximate surface area is 109 Å². The van der Waals surface area contributed by atoms with E-state index in [0.717, 1.165) is 6.07 Å². The fourth-order valence-corrected chi connectivity index (χ4v) is 2.98. The van der Waals surface area contributed by atoms with Crippen LogP contribution in [0.25, 0.3) is 0 Å². The largest absolute Gasteiger partial charge is 0.399 e. The van der Waals surface area contributed by atoms with Crippen LogP contribution in [0.3, 0.4) is 0 Å². The number of nitrogen functional groups attached to an aromatic ring is 1. The highest BCUT2D eigenvalue weighted by Gasteiger charge is 2.29. The van der Waals surface area contributed by atoms with E-state index in [0.29, 0.717) is 10.4 Å². The molecular formula is C10H13F2N3O3S. The van der Waals surface area contributed by atoms with E-state index in [1.165, 1.54) is 6.92 Å². The predicted octanol–water partition coefficient (Wildman–Crippen LogP) is 0.0429. The number of likely N-dealkylation sites (N-methyl/N-ethyl adjacent to an activating group) is 1. The van der Waals surface area contributed by atoms with Gasteiger partial charge >= 0.3 is 0 Å². The van der Waals surface area contributed by atoms with Crippen LogP contribution in [0.2, 0.25) is 0 Å². The van der Waals surface area contributed by atoms with Crippen molar-refractivity contribution in [1.82, 2.24) is 4.31 Å². The molecular weight excluding hydrogens is 280 g/mol. The number of sulfonamides is 1. The summed E-state index contributed by atoms with van der Waals surface area (Å²) in [6.07, 6.45) is 0. The molecule has 0 aliphatic carbocycles. The summed E-state index contributed by atoms with van der Waals surface area (Å²) in [5.74, 6) is -3.83. The molecule has 0 unspecified atom stereocenters. The minimum atomic E-state index is -4.38. The van der Waals surface area contributed by atoms with Crippen LogP contribution >= 0.6 is 0 Å². The Balaban J connectivity index is 3.37. The molecule has 1 rings (SSSR count). The topological polar surface area (TPSA) is 106 Å². The van der Waals surface area contributed by atoms with E-state index in [-0.39, 0.29) is 12.2 Å². The Hall–Kier alpha value is -1.74. The number of halogens is 2. The van der Waals surface area contributed by atoms with Crippen molar-refractivity contribution in [1.29, 1.82) is 0 Å². The Morgan fingerprint density at radius 3 is 2.42 bits per heavy atom. The molecule has 0 heterocycles. The molecule has 1 aromatic rings. The highest BCUT2D eigenvalue weighted by molar-refractivity contribution is 7.89. The summed E-state index contributed by atoms with van der Waals surface area (Å²) in [6, 6.07) is 1.45. The SMILES string of the molecule is CCN(CC(N)=O)S(=O)(=O)c1cc(N)cc(F)c1F. The molecule has 0 radical (unpaired) electrons. The minimum Gasteiger partial charge on any atom is -0.399 e. The van der Waals surface area contributed by atoms with Crippen molar-refractivity contribution in [2.75, 3.05) is 18.8 Å². The number of amides is 1. The average molecular weight is 293 g/mol. The molecule has 106 valence electrons. The molecule has 1 aromatic carbocycles. The summed E-state index contributed by atoms with van der Waals surface area (Å²) >= 11 is 0. The third-order valence-corrected chi connectivity index (χ3v) is 4.24. The number of nitrogens with zero attached hydrogens (tertiary/aromatic N) is 1. The zero-order valence-corrected chi connectivity index (χ0v) is 10.9. The van der Waals surface area contributed by atoms with Crippen LogP contribution in [0.4, 0.5) is 14.5 Å². The van der Waals surface area contributed by atoms with E-state index < -0.39 is 39.0 Å². The molecule has 6 nitrogen and oxygen atoms in total. The lowest BCUT2D eigenvalue weighted by Crippen LogP contribution is -2.38. The van der Waals surface area contributed by atoms with Crippen LogP contribution in [-0.2, 0) is 14.8 Å². The van der Waals surface area contributed by atoms with Crippen molar-refractivity contribution in [3.8, 4) is 0 Å². The first-order valence-electron chi connectivity index (χ1n) is 5.23. The molecule has 1 amide bonds. The normalized spacial score (nSPS) is 11.8. The fourth-order valence-electron chi connectivity index (χ4n) is 1.45. The Kier molecular flexibility index (Phi) is 4.43. The van der Waals surface area contributed by atoms with Crippen LogP contribution in [-0.4, -0.2) is 31.7 Å². The van der Waals surface area contributed by atoms with E-state index in [1.54, 1.807) is 0 Å². The summed E-state index contributed by atoms with van der Waals surface area (Å²) in [6.45, 7) is 0.677. The fraction of sp³-hybridized carbons (Fsp3) is 0.300. The van der Waals surface area contributed by atoms with Crippen molar-refractivity contribution < 1.29 is 22.0 Å². The zero-order chi connectivity index (χ0) is 14.8. The molecule has 0 aliphatic rings. The van der Waals surface area contributed by atoms with Crippen LogP contribution < -0.4 is 11.5 Å². The lowest BCUT2D eigenvalue weighted by atomic mass is 10.3. The van der Waals surface area contributed by atoms with Crippen molar-refractivity contribution in [2.45, 2.75) is 11.8 Å². The van der Waals surface area contributed by atoms with Gasteiger partial charge in [-0.05, 0) is 12.1 Å². The van der Waals surface area contributed by atoms with Crippen LogP contribution in [0.15, 0.2) is 17.0 Å². The van der Waals surface area contributed by atoms with Gasteiger partial charge in [0.05, 0.1) is 6.54 Å². The zero-order valence-electron chi connectivity index (χ0n) is 10.1. The highest BCUT2D eigenvalue weighted by Crippen LogP contribution is 2.24. The lowest BCUT2D eigenvalue weighted by Gasteiger charge is -2.19. The second kappa shape index (κ2) is 5.49. The monoisotopic (exact) mass is 293 g/mol. The van der Waals surface area contributed by atoms with Gasteiger partial charge in [-0.2, -0.15) is 4.31 Å². The molecule has 0 aliphatic heterocycles. The van der Waals surface area contributed by atoms with Crippen molar-refractivity contribution in [3.63, 3.8) is 0 Å². The summed E-state index contributed by atoms with van der Waals surface area (Å²) in [5, 5.41) is 0. The predicted molar refractivity (Wildman–Crippen MR) is 64.4 cm³/mol. The third-order valence-electron chi connectivity index (χ3n) is 2.32. The van der Waals surface area contributed by atoms with E-state index in [1.807, 2.05) is 0 Å². The van der Waals surface area contributed by atoms with E-state index in [4.69, 9.17) is 11.5 Å². The number of hydrogen-bond acceptors (Lipinski definition) is 4. The van der Waals surface area contributed by atoms with Gasteiger partial charge in [-0.25, -0.2) is 17.2 Å². The van der Waals surface area contributed by atoms with Gasteiger partial charge < -0.3 is 11.5 Å². The molecule has 0 fully saturated rings. The highest BCUT2D eigenvalue weighted by atomic mass is 32.2. The van der Waals surface area contributed by atoms with Gasteiger partial charge in [-0.3, -0.25) is 4.79 Å². The number of carbonyl (C=O) groups excluding carboxylic acids is 1. The van der Waals surface area contributed by atoms with E-state index >= 15 is 0 Å². The van der Waals surface area contributed by atoms with Gasteiger partial charge in [0.15, 0.2) is 11.6 Å². The smallest absolute Gasteiger partial charge is 0.246 e. The van der Waals surface area contributed by atoms with E-state index in [2.05, 4.69) is 0 Å². The van der Waals surface area contributed by atoms with Gasteiger partial charge in [-0.15, -0.1) is 0 Å². The lowest BCUT2D eigenvalue weighted by molar-refractivity contribution is -0.118. The number of benzene rings is 1. The molecule has 0 atom stereocenters. The van der Waals surface area contributed by atoms with Crippen molar-refractivity contribution in [3.05, 3.63) is 23.8 Å². The van der Waals surface area contributed by atoms with Gasteiger partial charge in [0.2, 0.25) is 15.9 Å². The van der Waals surface area contributed by atoms with Crippen LogP contribution in [0.5, 0.6) is 0 Å². The number of primary amides is 1. The summed E-state index contributed by atoms with van der Waals surface area (Å²) < 4.78 is 51.5. The van der Waals surface area contributed by atoms with Crippen molar-refractivity contribution in [2.24, 2.45) is 5.73 Å². The third kappa shape index (κ3) is 3.18. The molecule has 19 heavy (non-hydrogen) atoms. The first-order chi connectivity index (χ1) is 8.70. The Morgan fingerprint density at radius 1 is 1.37 bits per heavy atom. The maximum Gasteiger partial charge on any atom is 0.246 e. The van der Waals surface area contributed by atoms with Crippen LogP contribution in [0, 0.1) is 11.6 Å². The Bertz CT molecular complexity index is 604. The van der Waals surface area contributed by atoms with Gasteiger partial charge in [0, 0.05) is 12.2 Å². The summed E-state index contributed by atoms with van der Waals surface area (Å²) in [4.78, 5) is 9.87.